The summed E-state index contributed by atoms with van der Waals surface area (Å²) in [5.74, 6) is 2.03. The molecule has 1 saturated carbocycles. The summed E-state index contributed by atoms with van der Waals surface area (Å²) in [7, 11) is 0. The Morgan fingerprint density at radius 1 is 0.758 bits per heavy atom. The summed E-state index contributed by atoms with van der Waals surface area (Å²) < 4.78 is 12.4. The van der Waals surface area contributed by atoms with Crippen molar-refractivity contribution in [3.63, 3.8) is 0 Å². The molecule has 2 aromatic carbocycles. The average molecular weight is 449 g/mol. The van der Waals surface area contributed by atoms with Crippen LogP contribution >= 0.6 is 0 Å². The van der Waals surface area contributed by atoms with Crippen LogP contribution < -0.4 is 9.47 Å². The van der Waals surface area contributed by atoms with Crippen LogP contribution in [-0.4, -0.2) is 54.1 Å². The van der Waals surface area contributed by atoms with Gasteiger partial charge in [0.05, 0.1) is 6.10 Å². The van der Waals surface area contributed by atoms with Gasteiger partial charge in [0.1, 0.15) is 17.6 Å². The molecule has 1 amide bonds. The van der Waals surface area contributed by atoms with Gasteiger partial charge >= 0.3 is 0 Å². The highest BCUT2D eigenvalue weighted by atomic mass is 16.5. The first kappa shape index (κ1) is 22.3. The summed E-state index contributed by atoms with van der Waals surface area (Å²) in [4.78, 5) is 17.0. The van der Waals surface area contributed by atoms with Crippen molar-refractivity contribution in [2.45, 2.75) is 70.1 Å². The zero-order valence-electron chi connectivity index (χ0n) is 19.6. The molecular formula is C28H36N2O3. The highest BCUT2D eigenvalue weighted by Crippen LogP contribution is 2.26. The molecule has 0 unspecified atom stereocenters. The molecule has 3 aliphatic rings. The molecule has 2 aliphatic heterocycles. The first-order valence-electron chi connectivity index (χ1n) is 12.8. The summed E-state index contributed by atoms with van der Waals surface area (Å²) in [6, 6.07) is 16.3. The number of rotatable bonds is 7. The number of hydrogen-bond acceptors (Lipinski definition) is 4. The molecule has 0 atom stereocenters. The summed E-state index contributed by atoms with van der Waals surface area (Å²) in [6.45, 7) is 4.79. The van der Waals surface area contributed by atoms with Gasteiger partial charge in [-0.2, -0.15) is 0 Å². The highest BCUT2D eigenvalue weighted by molar-refractivity contribution is 5.94. The lowest BCUT2D eigenvalue weighted by atomic mass is 10.1. The van der Waals surface area contributed by atoms with Gasteiger partial charge in [-0.3, -0.25) is 9.69 Å². The van der Waals surface area contributed by atoms with Gasteiger partial charge in [0.25, 0.3) is 5.91 Å². The maximum Gasteiger partial charge on any atom is 0.253 e. The predicted octanol–water partition coefficient (Wildman–Crippen LogP) is 5.29. The molecule has 3 fully saturated rings. The van der Waals surface area contributed by atoms with E-state index in [2.05, 4.69) is 29.2 Å². The molecule has 33 heavy (non-hydrogen) atoms. The Bertz CT molecular complexity index is 909. The zero-order valence-corrected chi connectivity index (χ0v) is 19.6. The Balaban J connectivity index is 1.08. The van der Waals surface area contributed by atoms with E-state index in [1.54, 1.807) is 0 Å². The number of amides is 1. The van der Waals surface area contributed by atoms with Gasteiger partial charge in [0.15, 0.2) is 0 Å². The van der Waals surface area contributed by atoms with Gasteiger partial charge < -0.3 is 14.4 Å². The van der Waals surface area contributed by atoms with Crippen molar-refractivity contribution in [1.29, 1.82) is 0 Å². The minimum Gasteiger partial charge on any atom is -0.490 e. The summed E-state index contributed by atoms with van der Waals surface area (Å²) in [6.07, 6.45) is 9.88. The number of carbonyl (C=O) groups excluding carboxylic acids is 1. The Morgan fingerprint density at radius 2 is 1.42 bits per heavy atom. The zero-order chi connectivity index (χ0) is 22.5. The molecule has 2 heterocycles. The summed E-state index contributed by atoms with van der Waals surface area (Å²) in [5.41, 5.74) is 2.08. The smallest absolute Gasteiger partial charge is 0.253 e. The van der Waals surface area contributed by atoms with Gasteiger partial charge in [-0.15, -0.1) is 0 Å². The minimum absolute atomic E-state index is 0.144. The fourth-order valence-electron chi connectivity index (χ4n) is 5.33. The fourth-order valence-corrected chi connectivity index (χ4v) is 5.33. The molecule has 0 spiro atoms. The molecule has 0 radical (unpaired) electrons. The van der Waals surface area contributed by atoms with E-state index in [9.17, 15) is 4.79 Å². The SMILES string of the molecule is O=C(c1ccc(OC2CCN(Cc3cccc(OC4CCCC4)c3)CC2)cc1)N1CCCC1. The summed E-state index contributed by atoms with van der Waals surface area (Å²) in [5, 5.41) is 0. The Kier molecular flexibility index (Phi) is 7.15. The van der Waals surface area contributed by atoms with Crippen molar-refractivity contribution in [2.24, 2.45) is 0 Å². The van der Waals surface area contributed by atoms with Crippen molar-refractivity contribution in [3.05, 3.63) is 59.7 Å². The van der Waals surface area contributed by atoms with Gasteiger partial charge in [-0.1, -0.05) is 12.1 Å². The van der Waals surface area contributed by atoms with Crippen LogP contribution in [-0.2, 0) is 6.54 Å². The lowest BCUT2D eigenvalue weighted by Crippen LogP contribution is -2.37. The van der Waals surface area contributed by atoms with E-state index in [0.717, 1.165) is 75.5 Å². The topological polar surface area (TPSA) is 42.0 Å². The van der Waals surface area contributed by atoms with E-state index in [-0.39, 0.29) is 12.0 Å². The molecule has 5 nitrogen and oxygen atoms in total. The van der Waals surface area contributed by atoms with Crippen molar-refractivity contribution < 1.29 is 14.3 Å². The molecular weight excluding hydrogens is 412 g/mol. The van der Waals surface area contributed by atoms with Crippen LogP contribution in [0.1, 0.15) is 67.3 Å². The van der Waals surface area contributed by atoms with Crippen LogP contribution in [0, 0.1) is 0 Å². The van der Waals surface area contributed by atoms with E-state index >= 15 is 0 Å². The third-order valence-corrected chi connectivity index (χ3v) is 7.24. The third-order valence-electron chi connectivity index (χ3n) is 7.24. The second-order valence-electron chi connectivity index (χ2n) is 9.79. The van der Waals surface area contributed by atoms with Gasteiger partial charge in [-0.25, -0.2) is 0 Å². The second-order valence-corrected chi connectivity index (χ2v) is 9.79. The quantitative estimate of drug-likeness (QED) is 0.577. The second kappa shape index (κ2) is 10.6. The van der Waals surface area contributed by atoms with Crippen LogP contribution in [0.15, 0.2) is 48.5 Å². The van der Waals surface area contributed by atoms with Crippen LogP contribution in [0.5, 0.6) is 11.5 Å². The first-order chi connectivity index (χ1) is 16.2. The Hall–Kier alpha value is -2.53. The van der Waals surface area contributed by atoms with Gasteiger partial charge in [0, 0.05) is 38.3 Å². The van der Waals surface area contributed by atoms with Crippen LogP contribution in [0.2, 0.25) is 0 Å². The van der Waals surface area contributed by atoms with E-state index in [1.165, 1.54) is 31.2 Å². The molecule has 5 rings (SSSR count). The maximum atomic E-state index is 12.5. The molecule has 0 N–H and O–H groups in total. The number of piperidine rings is 1. The molecule has 1 aliphatic carbocycles. The number of nitrogens with zero attached hydrogens (tertiary/aromatic N) is 2. The number of hydrogen-bond donors (Lipinski definition) is 0. The monoisotopic (exact) mass is 448 g/mol. The summed E-state index contributed by atoms with van der Waals surface area (Å²) >= 11 is 0. The highest BCUT2D eigenvalue weighted by Gasteiger charge is 2.22. The third kappa shape index (κ3) is 5.89. The average Bonchev–Trinajstić information content (AvgIpc) is 3.55. The predicted molar refractivity (Wildman–Crippen MR) is 130 cm³/mol. The fraction of sp³-hybridized carbons (Fsp3) is 0.536. The van der Waals surface area contributed by atoms with E-state index in [0.29, 0.717) is 6.10 Å². The molecule has 176 valence electrons. The molecule has 2 saturated heterocycles. The van der Waals surface area contributed by atoms with Crippen LogP contribution in [0.3, 0.4) is 0 Å². The standard InChI is InChI=1S/C28H36N2O3/c31-28(30-16-3-4-17-30)23-10-12-25(13-11-23)32-26-14-18-29(19-15-26)21-22-6-5-9-27(20-22)33-24-7-1-2-8-24/h5-6,9-13,20,24,26H,1-4,7-8,14-19,21H2. The largest absolute Gasteiger partial charge is 0.490 e. The van der Waals surface area contributed by atoms with E-state index < -0.39 is 0 Å². The Morgan fingerprint density at radius 3 is 2.15 bits per heavy atom. The Labute approximate surface area is 197 Å². The van der Waals surface area contributed by atoms with Crippen molar-refractivity contribution >= 4 is 5.91 Å². The van der Waals surface area contributed by atoms with Crippen molar-refractivity contribution in [2.75, 3.05) is 26.2 Å². The lowest BCUT2D eigenvalue weighted by molar-refractivity contribution is 0.0792. The molecule has 0 aromatic heterocycles. The maximum absolute atomic E-state index is 12.5. The molecule has 0 bridgehead atoms. The van der Waals surface area contributed by atoms with Crippen LogP contribution in [0.25, 0.3) is 0 Å². The van der Waals surface area contributed by atoms with Gasteiger partial charge in [-0.05, 0) is 93.3 Å². The first-order valence-corrected chi connectivity index (χ1v) is 12.8. The molecule has 5 heteroatoms. The van der Waals surface area contributed by atoms with Gasteiger partial charge in [0.2, 0.25) is 0 Å². The van der Waals surface area contributed by atoms with E-state index in [1.807, 2.05) is 29.2 Å². The van der Waals surface area contributed by atoms with Crippen molar-refractivity contribution in [1.82, 2.24) is 9.80 Å². The molecule has 2 aromatic rings. The normalized spacial score (nSPS) is 20.3. The van der Waals surface area contributed by atoms with E-state index in [4.69, 9.17) is 9.47 Å². The van der Waals surface area contributed by atoms with Crippen molar-refractivity contribution in [3.8, 4) is 11.5 Å². The number of likely N-dealkylation sites (tertiary alicyclic amines) is 2. The lowest BCUT2D eigenvalue weighted by Gasteiger charge is -2.32. The number of carbonyl (C=O) groups is 1. The minimum atomic E-state index is 0.144. The number of benzene rings is 2. The van der Waals surface area contributed by atoms with Crippen LogP contribution in [0.4, 0.5) is 0 Å². The number of ether oxygens (including phenoxy) is 2.